The molecule has 1 aliphatic rings. The summed E-state index contributed by atoms with van der Waals surface area (Å²) >= 11 is 6.33. The minimum atomic E-state index is -0.355. The fourth-order valence-electron chi connectivity index (χ4n) is 2.70. The SMILES string of the molecule is COC(=O)c1cc#cc(C2CC2c2ccc(OC)cc2Cl)c1. The number of esters is 1. The van der Waals surface area contributed by atoms with Crippen molar-refractivity contribution in [2.45, 2.75) is 18.3 Å². The van der Waals surface area contributed by atoms with E-state index >= 15 is 0 Å². The van der Waals surface area contributed by atoms with Crippen LogP contribution in [0.4, 0.5) is 0 Å². The number of carbonyl (C=O) groups excluding carboxylic acids is 1. The van der Waals surface area contributed by atoms with Crippen LogP contribution in [0, 0.1) is 12.1 Å². The highest BCUT2D eigenvalue weighted by molar-refractivity contribution is 6.31. The van der Waals surface area contributed by atoms with Crippen molar-refractivity contribution in [2.24, 2.45) is 0 Å². The molecule has 1 saturated carbocycles. The maximum absolute atomic E-state index is 11.6. The summed E-state index contributed by atoms with van der Waals surface area (Å²) in [7, 11) is 2.99. The van der Waals surface area contributed by atoms with Crippen LogP contribution >= 0.6 is 11.6 Å². The predicted octanol–water partition coefficient (Wildman–Crippen LogP) is 4.01. The van der Waals surface area contributed by atoms with Gasteiger partial charge in [0.2, 0.25) is 0 Å². The molecular weight excluding hydrogens is 300 g/mol. The predicted molar refractivity (Wildman–Crippen MR) is 83.6 cm³/mol. The molecule has 0 amide bonds. The lowest BCUT2D eigenvalue weighted by atomic mass is 10.0. The van der Waals surface area contributed by atoms with Crippen LogP contribution in [0.2, 0.25) is 5.02 Å². The Labute approximate surface area is 134 Å². The topological polar surface area (TPSA) is 35.5 Å². The highest BCUT2D eigenvalue weighted by Gasteiger charge is 2.41. The van der Waals surface area contributed by atoms with Crippen molar-refractivity contribution in [3.8, 4) is 5.75 Å². The van der Waals surface area contributed by atoms with E-state index in [0.717, 1.165) is 23.3 Å². The fourth-order valence-corrected chi connectivity index (χ4v) is 3.01. The molecule has 112 valence electrons. The molecule has 4 heteroatoms. The van der Waals surface area contributed by atoms with Gasteiger partial charge >= 0.3 is 5.97 Å². The van der Waals surface area contributed by atoms with Crippen LogP contribution in [0.1, 0.15) is 39.7 Å². The Hall–Kier alpha value is -2.18. The van der Waals surface area contributed by atoms with Gasteiger partial charge in [-0.05, 0) is 42.0 Å². The number of halogens is 1. The first kappa shape index (κ1) is 14.7. The van der Waals surface area contributed by atoms with Crippen LogP contribution in [-0.4, -0.2) is 20.2 Å². The van der Waals surface area contributed by atoms with E-state index in [-0.39, 0.29) is 5.97 Å². The van der Waals surface area contributed by atoms with Gasteiger partial charge in [0.15, 0.2) is 0 Å². The summed E-state index contributed by atoms with van der Waals surface area (Å²) in [6.45, 7) is 0. The Kier molecular flexibility index (Phi) is 3.96. The first-order valence-corrected chi connectivity index (χ1v) is 7.37. The zero-order valence-electron chi connectivity index (χ0n) is 12.4. The molecular formula is C18H15ClO3. The molecule has 3 nitrogen and oxygen atoms in total. The van der Waals surface area contributed by atoms with Gasteiger partial charge in [-0.1, -0.05) is 29.8 Å². The Morgan fingerprint density at radius 2 is 2.09 bits per heavy atom. The van der Waals surface area contributed by atoms with Crippen molar-refractivity contribution < 1.29 is 14.3 Å². The van der Waals surface area contributed by atoms with Gasteiger partial charge in [-0.15, -0.1) is 0 Å². The molecule has 0 heterocycles. The van der Waals surface area contributed by atoms with Gasteiger partial charge in [0.1, 0.15) is 5.75 Å². The van der Waals surface area contributed by atoms with Gasteiger partial charge in [-0.3, -0.25) is 0 Å². The van der Waals surface area contributed by atoms with Crippen molar-refractivity contribution in [1.29, 1.82) is 0 Å². The molecule has 0 radical (unpaired) electrons. The molecule has 1 aliphatic carbocycles. The molecule has 0 saturated heterocycles. The molecule has 2 unspecified atom stereocenters. The number of methoxy groups -OCH3 is 2. The average molecular weight is 315 g/mol. The molecule has 3 rings (SSSR count). The van der Waals surface area contributed by atoms with Crippen molar-refractivity contribution in [3.63, 3.8) is 0 Å². The lowest BCUT2D eigenvalue weighted by Crippen LogP contribution is -2.01. The van der Waals surface area contributed by atoms with Crippen LogP contribution in [-0.2, 0) is 4.74 Å². The fraction of sp³-hybridized carbons (Fsp3) is 0.278. The maximum Gasteiger partial charge on any atom is 0.338 e. The van der Waals surface area contributed by atoms with Crippen molar-refractivity contribution in [2.75, 3.05) is 14.2 Å². The van der Waals surface area contributed by atoms with E-state index in [1.807, 2.05) is 24.3 Å². The van der Waals surface area contributed by atoms with Crippen molar-refractivity contribution >= 4 is 17.6 Å². The van der Waals surface area contributed by atoms with Crippen LogP contribution in [0.3, 0.4) is 0 Å². The minimum Gasteiger partial charge on any atom is -0.497 e. The first-order valence-electron chi connectivity index (χ1n) is 6.99. The lowest BCUT2D eigenvalue weighted by Gasteiger charge is -2.06. The van der Waals surface area contributed by atoms with E-state index in [9.17, 15) is 4.79 Å². The summed E-state index contributed by atoms with van der Waals surface area (Å²) in [5.74, 6) is 1.05. The Bertz CT molecular complexity index is 711. The summed E-state index contributed by atoms with van der Waals surface area (Å²) in [5, 5.41) is 0.708. The molecule has 0 spiro atoms. The van der Waals surface area contributed by atoms with Crippen LogP contribution in [0.15, 0.2) is 30.3 Å². The minimum absolute atomic E-state index is 0.312. The van der Waals surface area contributed by atoms with Gasteiger partial charge in [0.05, 0.1) is 19.8 Å². The number of carbonyl (C=O) groups is 1. The van der Waals surface area contributed by atoms with E-state index in [1.54, 1.807) is 13.2 Å². The van der Waals surface area contributed by atoms with Gasteiger partial charge in [0, 0.05) is 16.7 Å². The van der Waals surface area contributed by atoms with Crippen LogP contribution in [0.5, 0.6) is 5.75 Å². The zero-order chi connectivity index (χ0) is 15.7. The molecule has 0 bridgehead atoms. The molecule has 1 fully saturated rings. The number of rotatable bonds is 4. The summed E-state index contributed by atoms with van der Waals surface area (Å²) in [6, 6.07) is 15.1. The Morgan fingerprint density at radius 3 is 2.77 bits per heavy atom. The second kappa shape index (κ2) is 5.90. The lowest BCUT2D eigenvalue weighted by molar-refractivity contribution is 0.0600. The Morgan fingerprint density at radius 1 is 1.27 bits per heavy atom. The number of hydrogen-bond donors (Lipinski definition) is 0. The van der Waals surface area contributed by atoms with E-state index in [2.05, 4.69) is 12.1 Å². The second-order valence-corrected chi connectivity index (χ2v) is 5.70. The van der Waals surface area contributed by atoms with E-state index < -0.39 is 0 Å². The van der Waals surface area contributed by atoms with Crippen molar-refractivity contribution in [3.05, 3.63) is 64.2 Å². The molecule has 2 atom stereocenters. The van der Waals surface area contributed by atoms with Gasteiger partial charge in [-0.2, -0.15) is 0 Å². The van der Waals surface area contributed by atoms with Gasteiger partial charge in [0.25, 0.3) is 0 Å². The highest BCUT2D eigenvalue weighted by Crippen LogP contribution is 2.56. The van der Waals surface area contributed by atoms with Gasteiger partial charge < -0.3 is 9.47 Å². The molecule has 0 aliphatic heterocycles. The van der Waals surface area contributed by atoms with Crippen LogP contribution < -0.4 is 4.74 Å². The quantitative estimate of drug-likeness (QED) is 0.800. The second-order valence-electron chi connectivity index (χ2n) is 5.30. The average Bonchev–Trinajstić information content (AvgIpc) is 3.34. The third-order valence-electron chi connectivity index (χ3n) is 3.97. The van der Waals surface area contributed by atoms with Crippen molar-refractivity contribution in [1.82, 2.24) is 0 Å². The standard InChI is InChI=1S/C18H15ClO3/c1-21-13-6-7-14(17(19)9-13)16-10-15(16)11-4-3-5-12(8-11)18(20)22-2/h5-9,15-16H,10H2,1-2H3. The molecule has 2 aromatic rings. The summed E-state index contributed by atoms with van der Waals surface area (Å²) < 4.78 is 9.91. The summed E-state index contributed by atoms with van der Waals surface area (Å²) in [5.41, 5.74) is 2.58. The highest BCUT2D eigenvalue weighted by atomic mass is 35.5. The van der Waals surface area contributed by atoms with E-state index in [0.29, 0.717) is 22.4 Å². The smallest absolute Gasteiger partial charge is 0.338 e. The van der Waals surface area contributed by atoms with E-state index in [4.69, 9.17) is 21.1 Å². The number of ether oxygens (including phenoxy) is 2. The molecule has 0 N–H and O–H groups in total. The normalized spacial score (nSPS) is 19.2. The monoisotopic (exact) mass is 314 g/mol. The number of benzene rings is 1. The number of hydrogen-bond acceptors (Lipinski definition) is 3. The molecule has 0 aromatic heterocycles. The summed E-state index contributed by atoms with van der Waals surface area (Å²) in [4.78, 5) is 11.6. The third kappa shape index (κ3) is 2.75. The van der Waals surface area contributed by atoms with Gasteiger partial charge in [-0.25, -0.2) is 4.79 Å². The Balaban J connectivity index is 1.81. The molecule has 22 heavy (non-hydrogen) atoms. The van der Waals surface area contributed by atoms with E-state index in [1.165, 1.54) is 7.11 Å². The summed E-state index contributed by atoms with van der Waals surface area (Å²) in [6.07, 6.45) is 0.987. The maximum atomic E-state index is 11.6. The largest absolute Gasteiger partial charge is 0.497 e. The zero-order valence-corrected chi connectivity index (χ0v) is 13.1. The molecule has 2 aromatic carbocycles. The first-order chi connectivity index (χ1) is 10.6. The third-order valence-corrected chi connectivity index (χ3v) is 4.30. The van der Waals surface area contributed by atoms with Crippen LogP contribution in [0.25, 0.3) is 0 Å².